The Balaban J connectivity index is 1.84. The third-order valence-electron chi connectivity index (χ3n) is 2.97. The maximum atomic E-state index is 13.5. The van der Waals surface area contributed by atoms with Crippen LogP contribution in [0.3, 0.4) is 0 Å². The minimum absolute atomic E-state index is 0.133. The van der Waals surface area contributed by atoms with E-state index >= 15 is 0 Å². The van der Waals surface area contributed by atoms with E-state index in [9.17, 15) is 12.8 Å². The van der Waals surface area contributed by atoms with Crippen LogP contribution in [0.15, 0.2) is 55.0 Å². The molecule has 3 aromatic rings. The molecule has 2 aromatic heterocycles. The number of aromatic nitrogens is 2. The van der Waals surface area contributed by atoms with E-state index in [2.05, 4.69) is 9.71 Å². The number of benzene rings is 1. The summed E-state index contributed by atoms with van der Waals surface area (Å²) >= 11 is 0. The minimum Gasteiger partial charge on any atom is -0.305 e. The first kappa shape index (κ1) is 13.6. The summed E-state index contributed by atoms with van der Waals surface area (Å²) in [4.78, 5) is 4.07. The van der Waals surface area contributed by atoms with Gasteiger partial charge in [0.2, 0.25) is 10.0 Å². The van der Waals surface area contributed by atoms with E-state index in [1.54, 1.807) is 41.2 Å². The Labute approximate surface area is 121 Å². The second kappa shape index (κ2) is 5.17. The van der Waals surface area contributed by atoms with Crippen LogP contribution in [0.4, 0.5) is 10.1 Å². The van der Waals surface area contributed by atoms with E-state index in [0.29, 0.717) is 11.3 Å². The molecule has 0 radical (unpaired) electrons. The molecule has 5 nitrogen and oxygen atoms in total. The third-order valence-corrected chi connectivity index (χ3v) is 4.20. The van der Waals surface area contributed by atoms with Gasteiger partial charge in [0.1, 0.15) is 11.5 Å². The van der Waals surface area contributed by atoms with Gasteiger partial charge < -0.3 is 4.40 Å². The second-order valence-electron chi connectivity index (χ2n) is 4.56. The van der Waals surface area contributed by atoms with Crippen LogP contribution < -0.4 is 4.72 Å². The molecular weight excluding hydrogens is 293 g/mol. The number of rotatable bonds is 4. The van der Waals surface area contributed by atoms with Gasteiger partial charge in [-0.15, -0.1) is 0 Å². The number of pyridine rings is 1. The molecular formula is C14H12FN3O2S. The van der Waals surface area contributed by atoms with E-state index in [1.807, 2.05) is 0 Å². The van der Waals surface area contributed by atoms with Gasteiger partial charge in [-0.1, -0.05) is 18.2 Å². The highest BCUT2D eigenvalue weighted by Gasteiger charge is 2.14. The lowest BCUT2D eigenvalue weighted by atomic mass is 10.2. The largest absolute Gasteiger partial charge is 0.305 e. The zero-order chi connectivity index (χ0) is 14.9. The SMILES string of the molecule is O=S(=O)(Cc1ccccc1F)Nc1ccc2nccn2c1. The van der Waals surface area contributed by atoms with Crippen molar-refractivity contribution in [2.45, 2.75) is 5.75 Å². The third kappa shape index (κ3) is 3.03. The molecule has 0 aliphatic rings. The lowest BCUT2D eigenvalue weighted by molar-refractivity contribution is 0.591. The summed E-state index contributed by atoms with van der Waals surface area (Å²) in [6.45, 7) is 0. The monoisotopic (exact) mass is 305 g/mol. The number of halogens is 1. The fourth-order valence-electron chi connectivity index (χ4n) is 2.02. The van der Waals surface area contributed by atoms with E-state index in [1.165, 1.54) is 18.2 Å². The van der Waals surface area contributed by atoms with Gasteiger partial charge in [0.15, 0.2) is 0 Å². The molecule has 21 heavy (non-hydrogen) atoms. The molecule has 0 saturated heterocycles. The van der Waals surface area contributed by atoms with E-state index in [-0.39, 0.29) is 5.56 Å². The molecule has 108 valence electrons. The number of fused-ring (bicyclic) bond motifs is 1. The van der Waals surface area contributed by atoms with Gasteiger partial charge in [-0.05, 0) is 18.2 Å². The Bertz CT molecular complexity index is 890. The zero-order valence-corrected chi connectivity index (χ0v) is 11.7. The molecule has 0 bridgehead atoms. The molecule has 3 rings (SSSR count). The number of anilines is 1. The lowest BCUT2D eigenvalue weighted by Gasteiger charge is -2.09. The number of imidazole rings is 1. The van der Waals surface area contributed by atoms with Crippen molar-refractivity contribution in [3.05, 3.63) is 66.4 Å². The van der Waals surface area contributed by atoms with E-state index < -0.39 is 21.6 Å². The molecule has 0 fully saturated rings. The minimum atomic E-state index is -3.69. The number of hydrogen-bond acceptors (Lipinski definition) is 3. The van der Waals surface area contributed by atoms with Crippen molar-refractivity contribution in [2.75, 3.05) is 4.72 Å². The maximum Gasteiger partial charge on any atom is 0.237 e. The molecule has 1 N–H and O–H groups in total. The number of nitrogens with zero attached hydrogens (tertiary/aromatic N) is 2. The summed E-state index contributed by atoms with van der Waals surface area (Å²) in [5.41, 5.74) is 1.25. The fourth-order valence-corrected chi connectivity index (χ4v) is 3.21. The van der Waals surface area contributed by atoms with Crippen LogP contribution in [0, 0.1) is 5.82 Å². The van der Waals surface area contributed by atoms with E-state index in [0.717, 1.165) is 0 Å². The first-order valence-corrected chi connectivity index (χ1v) is 7.85. The van der Waals surface area contributed by atoms with Crippen LogP contribution in [0.2, 0.25) is 0 Å². The predicted molar refractivity (Wildman–Crippen MR) is 77.8 cm³/mol. The Kier molecular flexibility index (Phi) is 3.34. The molecule has 0 aliphatic heterocycles. The van der Waals surface area contributed by atoms with Crippen LogP contribution in [0.5, 0.6) is 0 Å². The maximum absolute atomic E-state index is 13.5. The summed E-state index contributed by atoms with van der Waals surface area (Å²) in [5, 5.41) is 0. The van der Waals surface area contributed by atoms with Crippen molar-refractivity contribution in [1.82, 2.24) is 9.38 Å². The van der Waals surface area contributed by atoms with Gasteiger partial charge in [0.25, 0.3) is 0 Å². The van der Waals surface area contributed by atoms with Crippen molar-refractivity contribution in [2.24, 2.45) is 0 Å². The predicted octanol–water partition coefficient (Wildman–Crippen LogP) is 2.42. The Morgan fingerprint density at radius 1 is 1.19 bits per heavy atom. The summed E-state index contributed by atoms with van der Waals surface area (Å²) < 4.78 is 41.8. The van der Waals surface area contributed by atoms with Crippen molar-refractivity contribution in [1.29, 1.82) is 0 Å². The van der Waals surface area contributed by atoms with Gasteiger partial charge in [-0.2, -0.15) is 0 Å². The molecule has 0 spiro atoms. The summed E-state index contributed by atoms with van der Waals surface area (Å²) in [7, 11) is -3.69. The van der Waals surface area contributed by atoms with E-state index in [4.69, 9.17) is 0 Å². The van der Waals surface area contributed by atoms with Crippen LogP contribution in [-0.2, 0) is 15.8 Å². The molecule has 7 heteroatoms. The van der Waals surface area contributed by atoms with Gasteiger partial charge in [0.05, 0.1) is 11.4 Å². The van der Waals surface area contributed by atoms with Crippen LogP contribution >= 0.6 is 0 Å². The first-order chi connectivity index (χ1) is 10.0. The van der Waals surface area contributed by atoms with Crippen molar-refractivity contribution < 1.29 is 12.8 Å². The first-order valence-electron chi connectivity index (χ1n) is 6.20. The quantitative estimate of drug-likeness (QED) is 0.805. The standard InChI is InChI=1S/C14H12FN3O2S/c15-13-4-2-1-3-11(13)10-21(19,20)17-12-5-6-14-16-7-8-18(14)9-12/h1-9,17H,10H2. The Hall–Kier alpha value is -2.41. The molecule has 2 heterocycles. The normalized spacial score (nSPS) is 11.7. The summed E-state index contributed by atoms with van der Waals surface area (Å²) in [5.74, 6) is -0.949. The molecule has 1 aromatic carbocycles. The molecule has 0 unspecified atom stereocenters. The van der Waals surface area contributed by atoms with Crippen molar-refractivity contribution >= 4 is 21.4 Å². The van der Waals surface area contributed by atoms with Gasteiger partial charge in [-0.3, -0.25) is 4.72 Å². The number of hydrogen-bond donors (Lipinski definition) is 1. The Morgan fingerprint density at radius 2 is 2.00 bits per heavy atom. The summed E-state index contributed by atoms with van der Waals surface area (Å²) in [6.07, 6.45) is 4.94. The van der Waals surface area contributed by atoms with Gasteiger partial charge in [-0.25, -0.2) is 17.8 Å². The highest BCUT2D eigenvalue weighted by molar-refractivity contribution is 7.91. The van der Waals surface area contributed by atoms with Crippen molar-refractivity contribution in [3.8, 4) is 0 Å². The zero-order valence-electron chi connectivity index (χ0n) is 10.9. The molecule has 0 saturated carbocycles. The van der Waals surface area contributed by atoms with Crippen molar-refractivity contribution in [3.63, 3.8) is 0 Å². The van der Waals surface area contributed by atoms with Crippen LogP contribution in [0.1, 0.15) is 5.56 Å². The highest BCUT2D eigenvalue weighted by atomic mass is 32.2. The highest BCUT2D eigenvalue weighted by Crippen LogP contribution is 2.15. The summed E-state index contributed by atoms with van der Waals surface area (Å²) in [6, 6.07) is 9.12. The molecule has 0 amide bonds. The number of nitrogens with one attached hydrogen (secondary N) is 1. The fraction of sp³-hybridized carbons (Fsp3) is 0.0714. The number of sulfonamides is 1. The lowest BCUT2D eigenvalue weighted by Crippen LogP contribution is -2.16. The Morgan fingerprint density at radius 3 is 2.81 bits per heavy atom. The van der Waals surface area contributed by atoms with Gasteiger partial charge >= 0.3 is 0 Å². The van der Waals surface area contributed by atoms with Crippen LogP contribution in [-0.4, -0.2) is 17.8 Å². The smallest absolute Gasteiger partial charge is 0.237 e. The average Bonchev–Trinajstić information content (AvgIpc) is 2.88. The average molecular weight is 305 g/mol. The second-order valence-corrected chi connectivity index (χ2v) is 6.29. The van der Waals surface area contributed by atoms with Gasteiger partial charge in [0, 0.05) is 24.2 Å². The topological polar surface area (TPSA) is 63.5 Å². The molecule has 0 aliphatic carbocycles. The molecule has 0 atom stereocenters. The van der Waals surface area contributed by atoms with Crippen LogP contribution in [0.25, 0.3) is 5.65 Å².